The van der Waals surface area contributed by atoms with Crippen molar-refractivity contribution in [3.8, 4) is 0 Å². The van der Waals surface area contributed by atoms with Crippen molar-refractivity contribution in [2.24, 2.45) is 7.05 Å². The Morgan fingerprint density at radius 1 is 1.05 bits per heavy atom. The van der Waals surface area contributed by atoms with Gasteiger partial charge in [-0.2, -0.15) is 0 Å². The molecule has 2 aromatic heterocycles. The number of para-hydroxylation sites is 1. The van der Waals surface area contributed by atoms with Crippen molar-refractivity contribution in [3.63, 3.8) is 0 Å². The fourth-order valence-corrected chi connectivity index (χ4v) is 2.26. The quantitative estimate of drug-likeness (QED) is 0.716. The molecule has 3 nitrogen and oxygen atoms in total. The van der Waals surface area contributed by atoms with Gasteiger partial charge in [0, 0.05) is 36.4 Å². The summed E-state index contributed by atoms with van der Waals surface area (Å²) in [6.07, 6.45) is 3.77. The molecule has 0 amide bonds. The van der Waals surface area contributed by atoms with Crippen molar-refractivity contribution in [1.29, 1.82) is 0 Å². The molecule has 0 saturated heterocycles. The van der Waals surface area contributed by atoms with E-state index >= 15 is 0 Å². The van der Waals surface area contributed by atoms with Crippen molar-refractivity contribution in [1.82, 2.24) is 14.5 Å². The highest BCUT2D eigenvalue weighted by Crippen LogP contribution is 2.13. The van der Waals surface area contributed by atoms with Crippen molar-refractivity contribution >= 4 is 10.9 Å². The maximum atomic E-state index is 4.69. The monoisotopic (exact) mass is 251 g/mol. The summed E-state index contributed by atoms with van der Waals surface area (Å²) in [5.74, 6) is 1.12. The van der Waals surface area contributed by atoms with Gasteiger partial charge in [-0.15, -0.1) is 0 Å². The number of pyridine rings is 1. The van der Waals surface area contributed by atoms with Crippen LogP contribution in [-0.2, 0) is 19.9 Å². The zero-order chi connectivity index (χ0) is 13.2. The molecule has 0 saturated carbocycles. The van der Waals surface area contributed by atoms with Crippen LogP contribution in [0.3, 0.4) is 0 Å². The summed E-state index contributed by atoms with van der Waals surface area (Å²) in [7, 11) is 2.06. The fraction of sp³-hybridized carbons (Fsp3) is 0.250. The van der Waals surface area contributed by atoms with E-state index in [0.29, 0.717) is 0 Å². The molecule has 0 fully saturated rings. The topological polar surface area (TPSA) is 30.7 Å². The standard InChI is InChI=1S/C16H17N3/c1-12-11-17-16(19(12)2)10-9-14-8-7-13-5-3-4-6-15(13)18-14/h3-8,11H,9-10H2,1-2H3. The molecule has 0 bridgehead atoms. The van der Waals surface area contributed by atoms with Gasteiger partial charge in [-0.1, -0.05) is 24.3 Å². The van der Waals surface area contributed by atoms with Crippen LogP contribution in [0.15, 0.2) is 42.6 Å². The average Bonchev–Trinajstić information content (AvgIpc) is 2.76. The molecule has 0 aliphatic heterocycles. The summed E-state index contributed by atoms with van der Waals surface area (Å²) in [5.41, 5.74) is 3.39. The molecule has 19 heavy (non-hydrogen) atoms. The Balaban J connectivity index is 1.80. The smallest absolute Gasteiger partial charge is 0.108 e. The summed E-state index contributed by atoms with van der Waals surface area (Å²) in [5, 5.41) is 1.19. The first-order valence-corrected chi connectivity index (χ1v) is 6.56. The zero-order valence-electron chi connectivity index (χ0n) is 11.3. The van der Waals surface area contributed by atoms with Gasteiger partial charge < -0.3 is 4.57 Å². The Labute approximate surface area is 112 Å². The molecule has 3 rings (SSSR count). The molecule has 0 aliphatic carbocycles. The number of hydrogen-bond acceptors (Lipinski definition) is 2. The van der Waals surface area contributed by atoms with Crippen LogP contribution < -0.4 is 0 Å². The van der Waals surface area contributed by atoms with Gasteiger partial charge in [0.05, 0.1) is 5.52 Å². The van der Waals surface area contributed by atoms with E-state index in [-0.39, 0.29) is 0 Å². The molecular formula is C16H17N3. The lowest BCUT2D eigenvalue weighted by atomic mass is 10.1. The van der Waals surface area contributed by atoms with Crippen LogP contribution in [-0.4, -0.2) is 14.5 Å². The molecule has 0 radical (unpaired) electrons. The van der Waals surface area contributed by atoms with Gasteiger partial charge >= 0.3 is 0 Å². The maximum Gasteiger partial charge on any atom is 0.108 e. The normalized spacial score (nSPS) is 11.1. The van der Waals surface area contributed by atoms with Crippen LogP contribution in [0.2, 0.25) is 0 Å². The Kier molecular flexibility index (Phi) is 3.03. The van der Waals surface area contributed by atoms with Crippen LogP contribution in [0.5, 0.6) is 0 Å². The second-order valence-corrected chi connectivity index (χ2v) is 4.87. The highest BCUT2D eigenvalue weighted by atomic mass is 15.0. The number of benzene rings is 1. The Hall–Kier alpha value is -2.16. The largest absolute Gasteiger partial charge is 0.335 e. The third-order valence-corrected chi connectivity index (χ3v) is 3.58. The predicted molar refractivity (Wildman–Crippen MR) is 77.1 cm³/mol. The van der Waals surface area contributed by atoms with Crippen molar-refractivity contribution in [2.45, 2.75) is 19.8 Å². The van der Waals surface area contributed by atoms with E-state index in [1.807, 2.05) is 18.3 Å². The van der Waals surface area contributed by atoms with Crippen molar-refractivity contribution in [3.05, 3.63) is 59.8 Å². The molecule has 3 aromatic rings. The molecule has 3 heteroatoms. The maximum absolute atomic E-state index is 4.69. The number of fused-ring (bicyclic) bond motifs is 1. The van der Waals surface area contributed by atoms with E-state index < -0.39 is 0 Å². The molecule has 0 spiro atoms. The molecule has 96 valence electrons. The average molecular weight is 251 g/mol. The first kappa shape index (κ1) is 11.9. The van der Waals surface area contributed by atoms with Gasteiger partial charge in [0.1, 0.15) is 5.82 Å². The number of imidazole rings is 1. The van der Waals surface area contributed by atoms with Gasteiger partial charge in [-0.3, -0.25) is 4.98 Å². The summed E-state index contributed by atoms with van der Waals surface area (Å²) >= 11 is 0. The highest BCUT2D eigenvalue weighted by molar-refractivity contribution is 5.78. The molecule has 2 heterocycles. The van der Waals surface area contributed by atoms with Crippen molar-refractivity contribution in [2.75, 3.05) is 0 Å². The van der Waals surface area contributed by atoms with E-state index in [0.717, 1.165) is 29.9 Å². The van der Waals surface area contributed by atoms with Crippen LogP contribution in [0.25, 0.3) is 10.9 Å². The number of rotatable bonds is 3. The number of hydrogen-bond donors (Lipinski definition) is 0. The summed E-state index contributed by atoms with van der Waals surface area (Å²) in [4.78, 5) is 9.12. The van der Waals surface area contributed by atoms with E-state index in [9.17, 15) is 0 Å². The lowest BCUT2D eigenvalue weighted by Gasteiger charge is -2.04. The minimum absolute atomic E-state index is 0.926. The third kappa shape index (κ3) is 2.36. The Morgan fingerprint density at radius 2 is 1.89 bits per heavy atom. The lowest BCUT2D eigenvalue weighted by molar-refractivity contribution is 0.749. The van der Waals surface area contributed by atoms with Gasteiger partial charge in [0.25, 0.3) is 0 Å². The number of nitrogens with zero attached hydrogens (tertiary/aromatic N) is 3. The van der Waals surface area contributed by atoms with Crippen LogP contribution >= 0.6 is 0 Å². The molecule has 1 aromatic carbocycles. The van der Waals surface area contributed by atoms with E-state index in [1.54, 1.807) is 0 Å². The van der Waals surface area contributed by atoms with Gasteiger partial charge in [0.2, 0.25) is 0 Å². The lowest BCUT2D eigenvalue weighted by Crippen LogP contribution is -2.02. The predicted octanol–water partition coefficient (Wildman–Crippen LogP) is 3.06. The molecule has 0 atom stereocenters. The first-order valence-electron chi connectivity index (χ1n) is 6.56. The fourth-order valence-electron chi connectivity index (χ4n) is 2.26. The SMILES string of the molecule is Cc1cnc(CCc2ccc3ccccc3n2)n1C. The van der Waals surface area contributed by atoms with E-state index in [4.69, 9.17) is 0 Å². The molecule has 0 aliphatic rings. The molecular weight excluding hydrogens is 234 g/mol. The highest BCUT2D eigenvalue weighted by Gasteiger charge is 2.04. The third-order valence-electron chi connectivity index (χ3n) is 3.58. The van der Waals surface area contributed by atoms with Crippen LogP contribution in [0, 0.1) is 6.92 Å². The van der Waals surface area contributed by atoms with E-state index in [2.05, 4.69) is 52.8 Å². The van der Waals surface area contributed by atoms with Crippen LogP contribution in [0.1, 0.15) is 17.2 Å². The van der Waals surface area contributed by atoms with Gasteiger partial charge in [-0.25, -0.2) is 4.98 Å². The number of aryl methyl sites for hydroxylation is 3. The zero-order valence-corrected chi connectivity index (χ0v) is 11.3. The van der Waals surface area contributed by atoms with E-state index in [1.165, 1.54) is 11.1 Å². The molecule has 0 unspecified atom stereocenters. The van der Waals surface area contributed by atoms with Gasteiger partial charge in [0.15, 0.2) is 0 Å². The first-order chi connectivity index (χ1) is 9.24. The summed E-state index contributed by atoms with van der Waals surface area (Å²) in [6, 6.07) is 12.5. The summed E-state index contributed by atoms with van der Waals surface area (Å²) < 4.78 is 2.14. The van der Waals surface area contributed by atoms with Crippen LogP contribution in [0.4, 0.5) is 0 Å². The molecule has 0 N–H and O–H groups in total. The van der Waals surface area contributed by atoms with Gasteiger partial charge in [-0.05, 0) is 25.5 Å². The van der Waals surface area contributed by atoms with Crippen molar-refractivity contribution < 1.29 is 0 Å². The number of aromatic nitrogens is 3. The minimum Gasteiger partial charge on any atom is -0.335 e. The Bertz CT molecular complexity index is 713. The summed E-state index contributed by atoms with van der Waals surface area (Å²) in [6.45, 7) is 2.07. The minimum atomic E-state index is 0.926. The Morgan fingerprint density at radius 3 is 2.68 bits per heavy atom. The second-order valence-electron chi connectivity index (χ2n) is 4.87. The second kappa shape index (κ2) is 4.84.